The van der Waals surface area contributed by atoms with Crippen molar-refractivity contribution in [2.75, 3.05) is 38.7 Å². The monoisotopic (exact) mass is 492 g/mol. The maximum absolute atomic E-state index is 12.6. The average molecular weight is 493 g/mol. The van der Waals surface area contributed by atoms with Gasteiger partial charge in [-0.05, 0) is 68.2 Å². The van der Waals surface area contributed by atoms with E-state index in [-0.39, 0.29) is 11.8 Å². The Morgan fingerprint density at radius 3 is 2.56 bits per heavy atom. The van der Waals surface area contributed by atoms with Crippen molar-refractivity contribution in [2.24, 2.45) is 5.10 Å². The molecule has 1 saturated heterocycles. The van der Waals surface area contributed by atoms with E-state index in [0.29, 0.717) is 43.9 Å². The molecular weight excluding hydrogens is 456 g/mol. The Balaban J connectivity index is 1.38. The summed E-state index contributed by atoms with van der Waals surface area (Å²) in [5, 5.41) is 9.16. The number of carbonyl (C=O) groups is 2. The topological polar surface area (TPSA) is 83.5 Å². The second kappa shape index (κ2) is 12.5. The van der Waals surface area contributed by atoms with Crippen LogP contribution in [0.5, 0.6) is 11.5 Å². The summed E-state index contributed by atoms with van der Waals surface area (Å²) in [6.07, 6.45) is 4.83. The Hall–Kier alpha value is -3.39. The summed E-state index contributed by atoms with van der Waals surface area (Å²) in [4.78, 5) is 27.2. The van der Waals surface area contributed by atoms with Gasteiger partial charge in [0.2, 0.25) is 11.8 Å². The van der Waals surface area contributed by atoms with E-state index < -0.39 is 0 Å². The second-order valence-electron chi connectivity index (χ2n) is 9.26. The third-order valence-corrected chi connectivity index (χ3v) is 6.49. The van der Waals surface area contributed by atoms with E-state index in [4.69, 9.17) is 9.47 Å². The fraction of sp³-hybridized carbons (Fsp3) is 0.464. The number of hydrazone groups is 1. The van der Waals surface area contributed by atoms with Crippen molar-refractivity contribution in [2.45, 2.75) is 52.0 Å². The lowest BCUT2D eigenvalue weighted by molar-refractivity contribution is -0.132. The number of nitrogens with zero attached hydrogens (tertiary/aromatic N) is 3. The SMILES string of the molecule is CCCOc1cc(C2=NN(Cc3ccc(NC(=O)CCN4CCCC4)cc3)C(=O)CC2)ccc1OC. The fourth-order valence-corrected chi connectivity index (χ4v) is 4.47. The zero-order chi connectivity index (χ0) is 25.3. The van der Waals surface area contributed by atoms with E-state index in [1.807, 2.05) is 42.5 Å². The number of amides is 2. The largest absolute Gasteiger partial charge is 0.493 e. The summed E-state index contributed by atoms with van der Waals surface area (Å²) < 4.78 is 11.3. The molecule has 0 bridgehead atoms. The van der Waals surface area contributed by atoms with Crippen LogP contribution in [-0.4, -0.2) is 60.8 Å². The highest BCUT2D eigenvalue weighted by atomic mass is 16.5. The highest BCUT2D eigenvalue weighted by Gasteiger charge is 2.22. The number of likely N-dealkylation sites (tertiary alicyclic amines) is 1. The molecule has 8 nitrogen and oxygen atoms in total. The highest BCUT2D eigenvalue weighted by Crippen LogP contribution is 2.30. The predicted molar refractivity (Wildman–Crippen MR) is 140 cm³/mol. The van der Waals surface area contributed by atoms with Gasteiger partial charge in [0.25, 0.3) is 0 Å². The minimum Gasteiger partial charge on any atom is -0.493 e. The quantitative estimate of drug-likeness (QED) is 0.502. The van der Waals surface area contributed by atoms with Gasteiger partial charge < -0.3 is 19.7 Å². The summed E-state index contributed by atoms with van der Waals surface area (Å²) in [6, 6.07) is 13.4. The normalized spacial score (nSPS) is 16.1. The Kier molecular flexibility index (Phi) is 8.95. The summed E-state index contributed by atoms with van der Waals surface area (Å²) in [6.45, 7) is 6.02. The van der Waals surface area contributed by atoms with Gasteiger partial charge in [-0.15, -0.1) is 0 Å². The summed E-state index contributed by atoms with van der Waals surface area (Å²) >= 11 is 0. The van der Waals surface area contributed by atoms with Gasteiger partial charge in [0.15, 0.2) is 11.5 Å². The molecule has 0 spiro atoms. The van der Waals surface area contributed by atoms with Crippen LogP contribution in [0.15, 0.2) is 47.6 Å². The van der Waals surface area contributed by atoms with Gasteiger partial charge in [-0.2, -0.15) is 5.10 Å². The molecule has 2 amide bonds. The molecule has 2 aliphatic heterocycles. The molecule has 1 fully saturated rings. The molecule has 0 aromatic heterocycles. The van der Waals surface area contributed by atoms with E-state index in [1.54, 1.807) is 7.11 Å². The van der Waals surface area contributed by atoms with E-state index in [9.17, 15) is 9.59 Å². The Bertz CT molecular complexity index is 1080. The maximum Gasteiger partial charge on any atom is 0.243 e. The number of anilines is 1. The predicted octanol–water partition coefficient (Wildman–Crippen LogP) is 4.44. The maximum atomic E-state index is 12.6. The number of ether oxygens (including phenoxy) is 2. The van der Waals surface area contributed by atoms with Crippen molar-refractivity contribution in [3.8, 4) is 11.5 Å². The summed E-state index contributed by atoms with van der Waals surface area (Å²) in [5.74, 6) is 1.38. The first kappa shape index (κ1) is 25.7. The highest BCUT2D eigenvalue weighted by molar-refractivity contribution is 6.04. The smallest absolute Gasteiger partial charge is 0.243 e. The van der Waals surface area contributed by atoms with Crippen molar-refractivity contribution in [1.82, 2.24) is 9.91 Å². The molecule has 2 heterocycles. The first-order valence-electron chi connectivity index (χ1n) is 12.9. The van der Waals surface area contributed by atoms with Crippen LogP contribution in [0.3, 0.4) is 0 Å². The number of carbonyl (C=O) groups excluding carboxylic acids is 2. The zero-order valence-electron chi connectivity index (χ0n) is 21.3. The van der Waals surface area contributed by atoms with Crippen molar-refractivity contribution in [3.63, 3.8) is 0 Å². The molecule has 2 aromatic rings. The lowest BCUT2D eigenvalue weighted by Gasteiger charge is -2.24. The minimum atomic E-state index is -0.00555. The van der Waals surface area contributed by atoms with Crippen LogP contribution < -0.4 is 14.8 Å². The lowest BCUT2D eigenvalue weighted by atomic mass is 10.0. The molecule has 2 aliphatic rings. The number of hydrogen-bond donors (Lipinski definition) is 1. The molecule has 0 aliphatic carbocycles. The second-order valence-corrected chi connectivity index (χ2v) is 9.26. The molecule has 192 valence electrons. The summed E-state index contributed by atoms with van der Waals surface area (Å²) in [5.41, 5.74) is 3.48. The molecule has 1 N–H and O–H groups in total. The lowest BCUT2D eigenvalue weighted by Crippen LogP contribution is -2.31. The Morgan fingerprint density at radius 1 is 1.06 bits per heavy atom. The Labute approximate surface area is 213 Å². The molecular formula is C28H36N4O4. The number of benzene rings is 2. The van der Waals surface area contributed by atoms with Gasteiger partial charge in [0.05, 0.1) is 26.0 Å². The third-order valence-electron chi connectivity index (χ3n) is 6.49. The number of nitrogens with one attached hydrogen (secondary N) is 1. The zero-order valence-corrected chi connectivity index (χ0v) is 21.3. The number of hydrogen-bond acceptors (Lipinski definition) is 6. The molecule has 4 rings (SSSR count). The van der Waals surface area contributed by atoms with Crippen molar-refractivity contribution >= 4 is 23.2 Å². The third kappa shape index (κ3) is 6.85. The molecule has 8 heteroatoms. The van der Waals surface area contributed by atoms with Gasteiger partial charge in [-0.1, -0.05) is 19.1 Å². The van der Waals surface area contributed by atoms with Crippen molar-refractivity contribution in [3.05, 3.63) is 53.6 Å². The molecule has 0 atom stereocenters. The van der Waals surface area contributed by atoms with Crippen LogP contribution in [0.1, 0.15) is 56.6 Å². The summed E-state index contributed by atoms with van der Waals surface area (Å²) in [7, 11) is 1.62. The van der Waals surface area contributed by atoms with Gasteiger partial charge in [-0.25, -0.2) is 5.01 Å². The van der Waals surface area contributed by atoms with Gasteiger partial charge in [0, 0.05) is 37.1 Å². The van der Waals surface area contributed by atoms with Crippen LogP contribution >= 0.6 is 0 Å². The molecule has 2 aromatic carbocycles. The molecule has 0 radical (unpaired) electrons. The number of methoxy groups -OCH3 is 1. The van der Waals surface area contributed by atoms with E-state index >= 15 is 0 Å². The van der Waals surface area contributed by atoms with Gasteiger partial charge in [-0.3, -0.25) is 9.59 Å². The van der Waals surface area contributed by atoms with Crippen LogP contribution in [0.4, 0.5) is 5.69 Å². The van der Waals surface area contributed by atoms with Crippen LogP contribution in [0, 0.1) is 0 Å². The van der Waals surface area contributed by atoms with Crippen LogP contribution in [-0.2, 0) is 16.1 Å². The van der Waals surface area contributed by atoms with Crippen LogP contribution in [0.25, 0.3) is 0 Å². The van der Waals surface area contributed by atoms with Gasteiger partial charge in [0.1, 0.15) is 0 Å². The van der Waals surface area contributed by atoms with Crippen molar-refractivity contribution < 1.29 is 19.1 Å². The fourth-order valence-electron chi connectivity index (χ4n) is 4.47. The van der Waals surface area contributed by atoms with E-state index in [2.05, 4.69) is 22.2 Å². The first-order valence-corrected chi connectivity index (χ1v) is 12.9. The van der Waals surface area contributed by atoms with Gasteiger partial charge >= 0.3 is 0 Å². The Morgan fingerprint density at radius 2 is 1.83 bits per heavy atom. The average Bonchev–Trinajstić information content (AvgIpc) is 3.42. The number of rotatable bonds is 11. The van der Waals surface area contributed by atoms with Crippen LogP contribution in [0.2, 0.25) is 0 Å². The van der Waals surface area contributed by atoms with E-state index in [0.717, 1.165) is 48.6 Å². The molecule has 0 unspecified atom stereocenters. The first-order chi connectivity index (χ1) is 17.6. The standard InChI is InChI=1S/C28H36N4O4/c1-3-18-36-26-19-22(8-12-25(26)35-2)24-11-13-28(34)32(30-24)20-21-6-9-23(10-7-21)29-27(33)14-17-31-15-4-5-16-31/h6-10,12,19H,3-5,11,13-18,20H2,1-2H3,(H,29,33). The van der Waals surface area contributed by atoms with Crippen molar-refractivity contribution in [1.29, 1.82) is 0 Å². The molecule has 36 heavy (non-hydrogen) atoms. The molecule has 0 saturated carbocycles. The minimum absolute atomic E-state index is 0.00555. The van der Waals surface area contributed by atoms with E-state index in [1.165, 1.54) is 17.9 Å².